The molecule has 1 fully saturated rings. The highest BCUT2D eigenvalue weighted by molar-refractivity contribution is 5.87. The van der Waals surface area contributed by atoms with Gasteiger partial charge in [0.25, 0.3) is 0 Å². The molecule has 178 valence electrons. The topological polar surface area (TPSA) is 128 Å². The van der Waals surface area contributed by atoms with E-state index in [2.05, 4.69) is 25.6 Å². The maximum atomic E-state index is 13.0. The summed E-state index contributed by atoms with van der Waals surface area (Å²) in [6.45, 7) is 2.68. The Morgan fingerprint density at radius 1 is 1.03 bits per heavy atom. The third-order valence-corrected chi connectivity index (χ3v) is 5.38. The van der Waals surface area contributed by atoms with Gasteiger partial charge < -0.3 is 29.7 Å². The number of piperidine rings is 1. The van der Waals surface area contributed by atoms with E-state index >= 15 is 0 Å². The summed E-state index contributed by atoms with van der Waals surface area (Å²) in [6, 6.07) is 7.09. The Kier molecular flexibility index (Phi) is 8.22. The van der Waals surface area contributed by atoms with Crippen molar-refractivity contribution in [3.8, 4) is 17.8 Å². The minimum atomic E-state index is -0.700. The third-order valence-electron chi connectivity index (χ3n) is 5.38. The minimum Gasteiger partial charge on any atom is -0.496 e. The molecular weight excluding hydrogens is 428 g/mol. The van der Waals surface area contributed by atoms with Crippen LogP contribution in [0.1, 0.15) is 25.3 Å². The summed E-state index contributed by atoms with van der Waals surface area (Å²) < 4.78 is 15.6. The second-order valence-electron chi connectivity index (χ2n) is 7.65. The largest absolute Gasteiger partial charge is 0.496 e. The molecule has 3 rings (SSSR count). The van der Waals surface area contributed by atoms with Crippen molar-refractivity contribution in [3.63, 3.8) is 0 Å². The van der Waals surface area contributed by atoms with Crippen LogP contribution in [-0.2, 0) is 16.0 Å². The molecule has 1 aliphatic heterocycles. The lowest BCUT2D eigenvalue weighted by Gasteiger charge is -2.33. The fraction of sp³-hybridized carbons (Fsp3) is 0.500. The number of hydrogen-bond acceptors (Lipinski definition) is 9. The van der Waals surface area contributed by atoms with Gasteiger partial charge in [0.1, 0.15) is 11.8 Å². The first-order chi connectivity index (χ1) is 15.9. The smallest absolute Gasteiger partial charge is 0.324 e. The third kappa shape index (κ3) is 6.43. The molecule has 11 heteroatoms. The molecule has 1 aromatic heterocycles. The molecule has 1 saturated heterocycles. The van der Waals surface area contributed by atoms with E-state index in [4.69, 9.17) is 14.2 Å². The second kappa shape index (κ2) is 11.3. The fourth-order valence-electron chi connectivity index (χ4n) is 3.72. The van der Waals surface area contributed by atoms with E-state index in [1.807, 2.05) is 29.2 Å². The van der Waals surface area contributed by atoms with Gasteiger partial charge in [-0.15, -0.1) is 4.98 Å². The lowest BCUT2D eigenvalue weighted by Crippen LogP contribution is -2.52. The number of carbonyl (C=O) groups excluding carboxylic acids is 2. The Balaban J connectivity index is 1.62. The van der Waals surface area contributed by atoms with Crippen LogP contribution >= 0.6 is 0 Å². The van der Waals surface area contributed by atoms with E-state index in [1.54, 1.807) is 7.11 Å². The number of amides is 2. The number of ether oxygens (including phenoxy) is 3. The first kappa shape index (κ1) is 24.0. The predicted octanol–water partition coefficient (Wildman–Crippen LogP) is 0.730. The van der Waals surface area contributed by atoms with E-state index in [0.29, 0.717) is 44.0 Å². The van der Waals surface area contributed by atoms with Crippen LogP contribution in [0.25, 0.3) is 0 Å². The van der Waals surface area contributed by atoms with Crippen molar-refractivity contribution >= 4 is 17.8 Å². The summed E-state index contributed by atoms with van der Waals surface area (Å²) in [7, 11) is 4.55. The predicted molar refractivity (Wildman–Crippen MR) is 121 cm³/mol. The number of nitrogens with one attached hydrogen (secondary N) is 2. The molecular formula is C22H30N6O5. The number of anilines is 1. The normalized spacial score (nSPS) is 14.8. The van der Waals surface area contributed by atoms with Gasteiger partial charge in [-0.2, -0.15) is 9.97 Å². The van der Waals surface area contributed by atoms with Crippen LogP contribution in [0.4, 0.5) is 5.95 Å². The van der Waals surface area contributed by atoms with E-state index in [9.17, 15) is 9.59 Å². The molecule has 1 aromatic carbocycles. The van der Waals surface area contributed by atoms with Gasteiger partial charge in [0.15, 0.2) is 0 Å². The molecule has 33 heavy (non-hydrogen) atoms. The van der Waals surface area contributed by atoms with Gasteiger partial charge >= 0.3 is 12.0 Å². The summed E-state index contributed by atoms with van der Waals surface area (Å²) in [5.74, 6) is 0.656. The zero-order chi connectivity index (χ0) is 23.8. The van der Waals surface area contributed by atoms with Crippen LogP contribution in [0.2, 0.25) is 0 Å². The average Bonchev–Trinajstić information content (AvgIpc) is 2.83. The number of benzene rings is 1. The number of methoxy groups -OCH3 is 3. The molecule has 2 amide bonds. The zero-order valence-electron chi connectivity index (χ0n) is 19.3. The molecule has 0 unspecified atom stereocenters. The Morgan fingerprint density at radius 3 is 2.24 bits per heavy atom. The highest BCUT2D eigenvalue weighted by Gasteiger charge is 2.27. The number of hydrogen-bond donors (Lipinski definition) is 2. The van der Waals surface area contributed by atoms with Crippen molar-refractivity contribution in [1.29, 1.82) is 0 Å². The quantitative estimate of drug-likeness (QED) is 0.559. The number of aromatic nitrogens is 3. The van der Waals surface area contributed by atoms with Gasteiger partial charge in [-0.05, 0) is 24.5 Å². The molecule has 0 aliphatic carbocycles. The summed E-state index contributed by atoms with van der Waals surface area (Å²) in [5.41, 5.74) is 0.849. The van der Waals surface area contributed by atoms with Gasteiger partial charge in [-0.3, -0.25) is 9.59 Å². The average molecular weight is 459 g/mol. The Labute approximate surface area is 192 Å². The molecule has 0 radical (unpaired) electrons. The van der Waals surface area contributed by atoms with Crippen LogP contribution in [0, 0.1) is 0 Å². The van der Waals surface area contributed by atoms with Crippen LogP contribution < -0.4 is 29.7 Å². The van der Waals surface area contributed by atoms with Crippen LogP contribution in [-0.4, -0.2) is 73.3 Å². The number of para-hydroxylation sites is 1. The first-order valence-corrected chi connectivity index (χ1v) is 10.7. The Bertz CT molecular complexity index is 942. The van der Waals surface area contributed by atoms with Crippen LogP contribution in [0.15, 0.2) is 24.3 Å². The van der Waals surface area contributed by atoms with Crippen molar-refractivity contribution < 1.29 is 23.8 Å². The SMILES string of the molecule is COc1nc(OC)nc(N2CCC(NC(=O)[C@@H](Cc3ccccc3OC)NC(C)=O)CC2)n1. The number of nitrogens with zero attached hydrogens (tertiary/aromatic N) is 4. The van der Waals surface area contributed by atoms with E-state index in [0.717, 1.165) is 5.56 Å². The summed E-state index contributed by atoms with van der Waals surface area (Å²) >= 11 is 0. The van der Waals surface area contributed by atoms with E-state index in [1.165, 1.54) is 21.1 Å². The highest BCUT2D eigenvalue weighted by Crippen LogP contribution is 2.21. The molecule has 1 atom stereocenters. The van der Waals surface area contributed by atoms with Gasteiger partial charge in [-0.1, -0.05) is 18.2 Å². The molecule has 1 aliphatic rings. The minimum absolute atomic E-state index is 0.0340. The summed E-state index contributed by atoms with van der Waals surface area (Å²) in [4.78, 5) is 39.3. The Hall–Kier alpha value is -3.63. The van der Waals surface area contributed by atoms with Crippen molar-refractivity contribution in [2.45, 2.75) is 38.3 Å². The molecule has 2 heterocycles. The van der Waals surface area contributed by atoms with Gasteiger partial charge in [-0.25, -0.2) is 0 Å². The molecule has 11 nitrogen and oxygen atoms in total. The standard InChI is InChI=1S/C22H30N6O5/c1-14(29)23-17(13-15-7-5-6-8-18(15)31-2)19(30)24-16-9-11-28(12-10-16)20-25-21(32-3)27-22(26-20)33-4/h5-8,16-17H,9-13H2,1-4H3,(H,23,29)(H,24,30)/t17-/m1/s1. The molecule has 2 N–H and O–H groups in total. The number of rotatable bonds is 9. The lowest BCUT2D eigenvalue weighted by molar-refractivity contribution is -0.128. The van der Waals surface area contributed by atoms with Crippen molar-refractivity contribution in [2.75, 3.05) is 39.3 Å². The van der Waals surface area contributed by atoms with Gasteiger partial charge in [0, 0.05) is 32.5 Å². The first-order valence-electron chi connectivity index (χ1n) is 10.7. The molecule has 2 aromatic rings. The molecule has 0 bridgehead atoms. The highest BCUT2D eigenvalue weighted by atomic mass is 16.5. The van der Waals surface area contributed by atoms with Crippen LogP contribution in [0.3, 0.4) is 0 Å². The molecule has 0 saturated carbocycles. The second-order valence-corrected chi connectivity index (χ2v) is 7.65. The van der Waals surface area contributed by atoms with E-state index in [-0.39, 0.29) is 29.9 Å². The van der Waals surface area contributed by atoms with Gasteiger partial charge in [0.2, 0.25) is 17.8 Å². The fourth-order valence-corrected chi connectivity index (χ4v) is 3.72. The Morgan fingerprint density at radius 2 is 1.67 bits per heavy atom. The zero-order valence-corrected chi connectivity index (χ0v) is 19.3. The van der Waals surface area contributed by atoms with Crippen molar-refractivity contribution in [1.82, 2.24) is 25.6 Å². The molecule has 0 spiro atoms. The van der Waals surface area contributed by atoms with Gasteiger partial charge in [0.05, 0.1) is 21.3 Å². The van der Waals surface area contributed by atoms with Crippen molar-refractivity contribution in [2.24, 2.45) is 0 Å². The maximum Gasteiger partial charge on any atom is 0.324 e. The van der Waals surface area contributed by atoms with Crippen LogP contribution in [0.5, 0.6) is 17.8 Å². The monoisotopic (exact) mass is 458 g/mol. The lowest BCUT2D eigenvalue weighted by atomic mass is 10.0. The number of carbonyl (C=O) groups is 2. The summed E-state index contributed by atoms with van der Waals surface area (Å²) in [5, 5.41) is 5.83. The van der Waals surface area contributed by atoms with E-state index < -0.39 is 6.04 Å². The summed E-state index contributed by atoms with van der Waals surface area (Å²) in [6.07, 6.45) is 1.73. The maximum absolute atomic E-state index is 13.0. The van der Waals surface area contributed by atoms with Crippen molar-refractivity contribution in [3.05, 3.63) is 29.8 Å².